The molecule has 6 nitrogen and oxygen atoms in total. The zero-order valence-corrected chi connectivity index (χ0v) is 17.1. The van der Waals surface area contributed by atoms with Crippen LogP contribution in [-0.4, -0.2) is 29.7 Å². The van der Waals surface area contributed by atoms with E-state index in [1.807, 2.05) is 20.8 Å². The Morgan fingerprint density at radius 3 is 2.70 bits per heavy atom. The van der Waals surface area contributed by atoms with Gasteiger partial charge in [-0.25, -0.2) is 0 Å². The lowest BCUT2D eigenvalue weighted by Gasteiger charge is -2.11. The third-order valence-electron chi connectivity index (χ3n) is 2.99. The van der Waals surface area contributed by atoms with E-state index in [2.05, 4.69) is 43.3 Å². The summed E-state index contributed by atoms with van der Waals surface area (Å²) in [4.78, 5) is 9.93. The topological polar surface area (TPSA) is 75.3 Å². The van der Waals surface area contributed by atoms with Crippen LogP contribution in [0.2, 0.25) is 0 Å². The smallest absolute Gasteiger partial charge is 0.232 e. The first-order valence-corrected chi connectivity index (χ1v) is 8.17. The van der Waals surface area contributed by atoms with Gasteiger partial charge in [0.25, 0.3) is 0 Å². The van der Waals surface area contributed by atoms with Gasteiger partial charge in [-0.15, -0.1) is 35.3 Å². The Kier molecular flexibility index (Phi) is 7.97. The number of nitrogens with zero attached hydrogens (tertiary/aromatic N) is 3. The van der Waals surface area contributed by atoms with E-state index in [-0.39, 0.29) is 29.4 Å². The summed E-state index contributed by atoms with van der Waals surface area (Å²) < 4.78 is 5.27. The van der Waals surface area contributed by atoms with Crippen LogP contribution in [-0.2, 0) is 18.4 Å². The molecule has 2 aromatic heterocycles. The lowest BCUT2D eigenvalue weighted by molar-refractivity contribution is 0.318. The highest BCUT2D eigenvalue weighted by Crippen LogP contribution is 2.19. The van der Waals surface area contributed by atoms with Gasteiger partial charge in [0.15, 0.2) is 11.8 Å². The minimum atomic E-state index is -0.133. The molecule has 0 saturated carbocycles. The van der Waals surface area contributed by atoms with Crippen molar-refractivity contribution in [3.05, 3.63) is 34.1 Å². The van der Waals surface area contributed by atoms with Crippen LogP contribution in [0.1, 0.15) is 37.4 Å². The molecule has 0 aliphatic rings. The Bertz CT molecular complexity index is 604. The van der Waals surface area contributed by atoms with Gasteiger partial charge in [0.05, 0.1) is 6.54 Å². The maximum absolute atomic E-state index is 5.27. The van der Waals surface area contributed by atoms with E-state index in [0.29, 0.717) is 18.3 Å². The zero-order chi connectivity index (χ0) is 16.0. The van der Waals surface area contributed by atoms with Gasteiger partial charge in [0.1, 0.15) is 0 Å². The van der Waals surface area contributed by atoms with Gasteiger partial charge < -0.3 is 15.2 Å². The van der Waals surface area contributed by atoms with Crippen molar-refractivity contribution < 1.29 is 4.52 Å². The maximum atomic E-state index is 5.27. The maximum Gasteiger partial charge on any atom is 0.232 e. The minimum absolute atomic E-state index is 0. The first-order valence-electron chi connectivity index (χ1n) is 7.29. The Morgan fingerprint density at radius 2 is 2.13 bits per heavy atom. The van der Waals surface area contributed by atoms with Crippen LogP contribution in [0.25, 0.3) is 0 Å². The number of aliphatic imine (C=N–C) groups is 1. The average molecular weight is 449 g/mol. The fourth-order valence-electron chi connectivity index (χ4n) is 1.77. The number of hydrogen-bond donors (Lipinski definition) is 2. The first-order chi connectivity index (χ1) is 10.5. The summed E-state index contributed by atoms with van der Waals surface area (Å²) in [5.41, 5.74) is -0.133. The quantitative estimate of drug-likeness (QED) is 0.417. The van der Waals surface area contributed by atoms with Crippen LogP contribution in [0.4, 0.5) is 0 Å². The van der Waals surface area contributed by atoms with Crippen molar-refractivity contribution in [1.29, 1.82) is 0 Å². The van der Waals surface area contributed by atoms with Gasteiger partial charge in [-0.3, -0.25) is 4.99 Å². The molecule has 0 aliphatic carbocycles. The number of nitrogens with one attached hydrogen (secondary N) is 2. The summed E-state index contributed by atoms with van der Waals surface area (Å²) in [6, 6.07) is 4.20. The first kappa shape index (κ1) is 19.9. The summed E-state index contributed by atoms with van der Waals surface area (Å²) in [5, 5.41) is 12.5. The Morgan fingerprint density at radius 1 is 1.35 bits per heavy atom. The zero-order valence-electron chi connectivity index (χ0n) is 13.9. The van der Waals surface area contributed by atoms with Gasteiger partial charge in [0, 0.05) is 23.9 Å². The van der Waals surface area contributed by atoms with Crippen molar-refractivity contribution in [3.8, 4) is 0 Å². The number of thiophene rings is 1. The number of aromatic nitrogens is 2. The molecule has 0 radical (unpaired) electrons. The molecule has 0 aromatic carbocycles. The number of halogens is 1. The molecule has 8 heteroatoms. The van der Waals surface area contributed by atoms with Crippen molar-refractivity contribution in [2.45, 2.75) is 39.2 Å². The molecule has 2 rings (SSSR count). The summed E-state index contributed by atoms with van der Waals surface area (Å²) in [6.07, 6.45) is 0.981. The summed E-state index contributed by atoms with van der Waals surface area (Å²) >= 11 is 1.76. The number of hydrogen-bond acceptors (Lipinski definition) is 5. The van der Waals surface area contributed by atoms with Gasteiger partial charge >= 0.3 is 0 Å². The highest BCUT2D eigenvalue weighted by atomic mass is 127. The van der Waals surface area contributed by atoms with Crippen LogP contribution in [0.15, 0.2) is 27.0 Å². The standard InChI is InChI=1S/C15H23N5OS.HI/c1-15(2,3)13-19-12(20-21-13)10-18-14(16-4)17-8-7-11-6-5-9-22-11;/h5-6,9H,7-8,10H2,1-4H3,(H2,16,17,18);1H. The van der Waals surface area contributed by atoms with Crippen molar-refractivity contribution in [2.75, 3.05) is 13.6 Å². The van der Waals surface area contributed by atoms with Crippen LogP contribution >= 0.6 is 35.3 Å². The molecule has 0 bridgehead atoms. The molecule has 23 heavy (non-hydrogen) atoms. The van der Waals surface area contributed by atoms with E-state index in [9.17, 15) is 0 Å². The second kappa shape index (κ2) is 9.21. The molecule has 0 spiro atoms. The lowest BCUT2D eigenvalue weighted by Crippen LogP contribution is -2.38. The highest BCUT2D eigenvalue weighted by molar-refractivity contribution is 14.0. The Balaban J connectivity index is 0.00000264. The second-order valence-electron chi connectivity index (χ2n) is 5.95. The molecule has 2 N–H and O–H groups in total. The number of rotatable bonds is 5. The predicted molar refractivity (Wildman–Crippen MR) is 105 cm³/mol. The molecule has 0 fully saturated rings. The normalized spacial score (nSPS) is 11.9. The van der Waals surface area contributed by atoms with Gasteiger partial charge in [-0.05, 0) is 17.9 Å². The largest absolute Gasteiger partial charge is 0.356 e. The molecule has 0 aliphatic heterocycles. The Hall–Kier alpha value is -1.16. The molecular formula is C15H24IN5OS. The molecule has 0 atom stereocenters. The minimum Gasteiger partial charge on any atom is -0.356 e. The number of guanidine groups is 1. The molecule has 2 aromatic rings. The van der Waals surface area contributed by atoms with Crippen molar-refractivity contribution in [3.63, 3.8) is 0 Å². The van der Waals surface area contributed by atoms with E-state index in [4.69, 9.17) is 4.52 Å². The fourth-order valence-corrected chi connectivity index (χ4v) is 2.48. The average Bonchev–Trinajstić information content (AvgIpc) is 3.13. The van der Waals surface area contributed by atoms with Crippen LogP contribution in [0, 0.1) is 0 Å². The van der Waals surface area contributed by atoms with E-state index in [1.54, 1.807) is 18.4 Å². The molecule has 2 heterocycles. The molecule has 0 unspecified atom stereocenters. The molecular weight excluding hydrogens is 425 g/mol. The third kappa shape index (κ3) is 6.46. The predicted octanol–water partition coefficient (Wildman–Crippen LogP) is 2.95. The highest BCUT2D eigenvalue weighted by Gasteiger charge is 2.21. The van der Waals surface area contributed by atoms with Gasteiger partial charge in [0.2, 0.25) is 5.89 Å². The molecule has 0 saturated heterocycles. The van der Waals surface area contributed by atoms with Crippen molar-refractivity contribution in [1.82, 2.24) is 20.8 Å². The third-order valence-corrected chi connectivity index (χ3v) is 3.93. The van der Waals surface area contributed by atoms with E-state index in [0.717, 1.165) is 18.9 Å². The fraction of sp³-hybridized carbons (Fsp3) is 0.533. The van der Waals surface area contributed by atoms with Crippen LogP contribution in [0.5, 0.6) is 0 Å². The van der Waals surface area contributed by atoms with Crippen molar-refractivity contribution >= 4 is 41.3 Å². The van der Waals surface area contributed by atoms with E-state index in [1.165, 1.54) is 4.88 Å². The monoisotopic (exact) mass is 449 g/mol. The molecule has 128 valence electrons. The summed E-state index contributed by atoms with van der Waals surface area (Å²) in [5.74, 6) is 2.01. The van der Waals surface area contributed by atoms with Gasteiger partial charge in [-0.2, -0.15) is 4.98 Å². The Labute approximate surface area is 158 Å². The van der Waals surface area contributed by atoms with Gasteiger partial charge in [-0.1, -0.05) is 32.0 Å². The van der Waals surface area contributed by atoms with E-state index >= 15 is 0 Å². The lowest BCUT2D eigenvalue weighted by atomic mass is 9.97. The summed E-state index contributed by atoms with van der Waals surface area (Å²) in [6.45, 7) is 7.45. The van der Waals surface area contributed by atoms with E-state index < -0.39 is 0 Å². The van der Waals surface area contributed by atoms with Crippen LogP contribution < -0.4 is 10.6 Å². The van der Waals surface area contributed by atoms with Crippen molar-refractivity contribution in [2.24, 2.45) is 4.99 Å². The SMILES string of the molecule is CN=C(NCCc1cccs1)NCc1noc(C(C)(C)C)n1.I. The molecule has 0 amide bonds. The van der Waals surface area contributed by atoms with Crippen LogP contribution in [0.3, 0.4) is 0 Å². The summed E-state index contributed by atoms with van der Waals surface area (Å²) in [7, 11) is 1.75. The second-order valence-corrected chi connectivity index (χ2v) is 6.98.